The van der Waals surface area contributed by atoms with Gasteiger partial charge in [-0.25, -0.2) is 22.6 Å². The van der Waals surface area contributed by atoms with Gasteiger partial charge in [0.25, 0.3) is 10.0 Å². The average Bonchev–Trinajstić information content (AvgIpc) is 2.79. The van der Waals surface area contributed by atoms with Crippen LogP contribution < -0.4 is 9.46 Å². The first kappa shape index (κ1) is 13.6. The zero-order valence-electron chi connectivity index (χ0n) is 9.52. The van der Waals surface area contributed by atoms with Crippen molar-refractivity contribution in [2.45, 2.75) is 4.90 Å². The first-order valence-corrected chi connectivity index (χ1v) is 6.73. The summed E-state index contributed by atoms with van der Waals surface area (Å²) < 4.78 is 44.2. The SMILES string of the molecule is COc1n[nH]c(NS(=O)(=O)c2cccc(Cl)c2F)n1. The lowest BCUT2D eigenvalue weighted by Gasteiger charge is -2.06. The molecule has 19 heavy (non-hydrogen) atoms. The van der Waals surface area contributed by atoms with E-state index in [0.717, 1.165) is 6.07 Å². The average molecular weight is 307 g/mol. The van der Waals surface area contributed by atoms with Gasteiger partial charge in [0.1, 0.15) is 4.90 Å². The van der Waals surface area contributed by atoms with E-state index >= 15 is 0 Å². The molecule has 1 aromatic carbocycles. The van der Waals surface area contributed by atoms with Crippen LogP contribution in [0.25, 0.3) is 0 Å². The number of hydrogen-bond donors (Lipinski definition) is 2. The Kier molecular flexibility index (Phi) is 3.58. The van der Waals surface area contributed by atoms with Gasteiger partial charge in [-0.1, -0.05) is 17.7 Å². The summed E-state index contributed by atoms with van der Waals surface area (Å²) in [6.07, 6.45) is 0. The second-order valence-electron chi connectivity index (χ2n) is 3.33. The molecule has 10 heteroatoms. The fraction of sp³-hybridized carbons (Fsp3) is 0.111. The van der Waals surface area contributed by atoms with E-state index in [1.54, 1.807) is 0 Å². The minimum atomic E-state index is -4.16. The second-order valence-corrected chi connectivity index (χ2v) is 5.39. The lowest BCUT2D eigenvalue weighted by molar-refractivity contribution is 0.382. The second kappa shape index (κ2) is 5.02. The van der Waals surface area contributed by atoms with Crippen LogP contribution >= 0.6 is 11.6 Å². The Bertz CT molecular complexity index is 703. The van der Waals surface area contributed by atoms with Crippen LogP contribution in [0.4, 0.5) is 10.3 Å². The Morgan fingerprint density at radius 2 is 2.21 bits per heavy atom. The van der Waals surface area contributed by atoms with E-state index < -0.39 is 20.7 Å². The Morgan fingerprint density at radius 3 is 2.84 bits per heavy atom. The molecule has 7 nitrogen and oxygen atoms in total. The molecule has 0 saturated heterocycles. The maximum absolute atomic E-state index is 13.6. The highest BCUT2D eigenvalue weighted by atomic mass is 35.5. The number of benzene rings is 1. The van der Waals surface area contributed by atoms with Gasteiger partial charge < -0.3 is 4.74 Å². The maximum Gasteiger partial charge on any atom is 0.336 e. The summed E-state index contributed by atoms with van der Waals surface area (Å²) in [7, 11) is -2.84. The predicted octanol–water partition coefficient (Wildman–Crippen LogP) is 1.41. The zero-order chi connectivity index (χ0) is 14.0. The lowest BCUT2D eigenvalue weighted by atomic mass is 10.3. The standard InChI is InChI=1S/C9H8ClFN4O3S/c1-18-9-12-8(13-14-9)15-19(16,17)6-4-2-3-5(10)7(6)11/h2-4H,1H3,(H2,12,13,14,15). The van der Waals surface area contributed by atoms with E-state index in [0.29, 0.717) is 0 Å². The summed E-state index contributed by atoms with van der Waals surface area (Å²) in [5.74, 6) is -1.24. The number of H-pyrrole nitrogens is 1. The lowest BCUT2D eigenvalue weighted by Crippen LogP contribution is -2.15. The molecule has 0 bridgehead atoms. The van der Waals surface area contributed by atoms with Gasteiger partial charge in [-0.05, 0) is 12.1 Å². The van der Waals surface area contributed by atoms with Crippen molar-refractivity contribution >= 4 is 27.6 Å². The molecule has 0 fully saturated rings. The van der Waals surface area contributed by atoms with Crippen molar-refractivity contribution in [2.75, 3.05) is 11.8 Å². The van der Waals surface area contributed by atoms with Crippen LogP contribution in [0.15, 0.2) is 23.1 Å². The van der Waals surface area contributed by atoms with E-state index in [-0.39, 0.29) is 17.0 Å². The molecule has 102 valence electrons. The van der Waals surface area contributed by atoms with Crippen LogP contribution in [0.2, 0.25) is 5.02 Å². The molecule has 1 heterocycles. The topological polar surface area (TPSA) is 97.0 Å². The highest BCUT2D eigenvalue weighted by Gasteiger charge is 2.22. The molecule has 1 aromatic heterocycles. The van der Waals surface area contributed by atoms with Gasteiger partial charge in [-0.2, -0.15) is 4.98 Å². The number of sulfonamides is 1. The molecule has 0 saturated carbocycles. The summed E-state index contributed by atoms with van der Waals surface area (Å²) in [6.45, 7) is 0. The zero-order valence-corrected chi connectivity index (χ0v) is 11.1. The van der Waals surface area contributed by atoms with Gasteiger partial charge in [-0.15, -0.1) is 5.10 Å². The third-order valence-electron chi connectivity index (χ3n) is 2.08. The summed E-state index contributed by atoms with van der Waals surface area (Å²) in [5.41, 5.74) is 0. The Balaban J connectivity index is 2.35. The molecule has 0 aliphatic carbocycles. The fourth-order valence-corrected chi connectivity index (χ4v) is 2.55. The molecule has 0 atom stereocenters. The third kappa shape index (κ3) is 2.76. The Labute approximate surface area is 112 Å². The van der Waals surface area contributed by atoms with Crippen molar-refractivity contribution in [3.8, 4) is 6.01 Å². The van der Waals surface area contributed by atoms with E-state index in [4.69, 9.17) is 11.6 Å². The van der Waals surface area contributed by atoms with E-state index in [1.165, 1.54) is 19.2 Å². The molecular formula is C9H8ClFN4O3S. The first-order chi connectivity index (χ1) is 8.94. The summed E-state index contributed by atoms with van der Waals surface area (Å²) in [6, 6.07) is 3.59. The smallest absolute Gasteiger partial charge is 0.336 e. The van der Waals surface area contributed by atoms with Crippen LogP contribution in [0.1, 0.15) is 0 Å². The number of nitrogens with one attached hydrogen (secondary N) is 2. The molecule has 2 rings (SSSR count). The van der Waals surface area contributed by atoms with E-state index in [9.17, 15) is 12.8 Å². The Hall–Kier alpha value is -1.87. The van der Waals surface area contributed by atoms with Crippen molar-refractivity contribution < 1.29 is 17.5 Å². The van der Waals surface area contributed by atoms with Crippen molar-refractivity contribution in [3.63, 3.8) is 0 Å². The Morgan fingerprint density at radius 1 is 1.47 bits per heavy atom. The third-order valence-corrected chi connectivity index (χ3v) is 3.73. The van der Waals surface area contributed by atoms with Crippen LogP contribution in [-0.4, -0.2) is 30.7 Å². The van der Waals surface area contributed by atoms with E-state index in [1.807, 2.05) is 4.72 Å². The van der Waals surface area contributed by atoms with Gasteiger partial charge in [0, 0.05) is 0 Å². The number of aromatic nitrogens is 3. The largest absolute Gasteiger partial charge is 0.466 e. The van der Waals surface area contributed by atoms with Crippen LogP contribution in [0.3, 0.4) is 0 Å². The highest BCUT2D eigenvalue weighted by molar-refractivity contribution is 7.92. The van der Waals surface area contributed by atoms with Gasteiger partial charge in [0.15, 0.2) is 5.82 Å². The number of anilines is 1. The molecule has 0 radical (unpaired) electrons. The number of nitrogens with zero attached hydrogens (tertiary/aromatic N) is 2. The minimum absolute atomic E-state index is 0.0516. The monoisotopic (exact) mass is 306 g/mol. The molecule has 0 spiro atoms. The molecule has 0 unspecified atom stereocenters. The fourth-order valence-electron chi connectivity index (χ4n) is 1.26. The predicted molar refractivity (Wildman–Crippen MR) is 65.2 cm³/mol. The molecule has 0 aliphatic heterocycles. The first-order valence-electron chi connectivity index (χ1n) is 4.87. The number of hydrogen-bond acceptors (Lipinski definition) is 5. The van der Waals surface area contributed by atoms with Crippen LogP contribution in [0.5, 0.6) is 6.01 Å². The normalized spacial score (nSPS) is 11.3. The summed E-state index contributed by atoms with van der Waals surface area (Å²) >= 11 is 5.53. The van der Waals surface area contributed by atoms with E-state index in [2.05, 4.69) is 19.9 Å². The molecule has 0 aliphatic rings. The summed E-state index contributed by atoms with van der Waals surface area (Å²) in [5, 5.41) is 5.54. The van der Waals surface area contributed by atoms with Crippen molar-refractivity contribution in [2.24, 2.45) is 0 Å². The van der Waals surface area contributed by atoms with Crippen molar-refractivity contribution in [1.82, 2.24) is 15.2 Å². The van der Waals surface area contributed by atoms with Gasteiger partial charge >= 0.3 is 6.01 Å². The number of methoxy groups -OCH3 is 1. The summed E-state index contributed by atoms with van der Waals surface area (Å²) in [4.78, 5) is 3.07. The van der Waals surface area contributed by atoms with Crippen molar-refractivity contribution in [3.05, 3.63) is 29.0 Å². The maximum atomic E-state index is 13.6. The van der Waals surface area contributed by atoms with Gasteiger partial charge in [-0.3, -0.25) is 0 Å². The molecular weight excluding hydrogens is 299 g/mol. The number of aromatic amines is 1. The van der Waals surface area contributed by atoms with Gasteiger partial charge in [0.05, 0.1) is 12.1 Å². The van der Waals surface area contributed by atoms with Crippen LogP contribution in [0, 0.1) is 5.82 Å². The van der Waals surface area contributed by atoms with Gasteiger partial charge in [0.2, 0.25) is 5.95 Å². The highest BCUT2D eigenvalue weighted by Crippen LogP contribution is 2.23. The van der Waals surface area contributed by atoms with Crippen molar-refractivity contribution in [1.29, 1.82) is 0 Å². The quantitative estimate of drug-likeness (QED) is 0.890. The number of rotatable bonds is 4. The molecule has 2 N–H and O–H groups in total. The number of halogens is 2. The minimum Gasteiger partial charge on any atom is -0.466 e. The molecule has 2 aromatic rings. The molecule has 0 amide bonds. The van der Waals surface area contributed by atoms with Crippen LogP contribution in [-0.2, 0) is 10.0 Å². The number of ether oxygens (including phenoxy) is 1.